The van der Waals surface area contributed by atoms with E-state index in [9.17, 15) is 14.4 Å². The van der Waals surface area contributed by atoms with E-state index in [0.29, 0.717) is 17.6 Å². The second-order valence-electron chi connectivity index (χ2n) is 11.5. The molecule has 2 unspecified atom stereocenters. The van der Waals surface area contributed by atoms with Crippen molar-refractivity contribution in [1.82, 2.24) is 14.5 Å². The number of fused-ring (bicyclic) bond motifs is 5. The van der Waals surface area contributed by atoms with Gasteiger partial charge >= 0.3 is 5.97 Å². The van der Waals surface area contributed by atoms with Gasteiger partial charge in [-0.05, 0) is 62.5 Å². The summed E-state index contributed by atoms with van der Waals surface area (Å²) in [4.78, 5) is 49.3. The first-order valence-electron chi connectivity index (χ1n) is 13.9. The van der Waals surface area contributed by atoms with Crippen LogP contribution in [-0.2, 0) is 14.4 Å². The predicted octanol–water partition coefficient (Wildman–Crippen LogP) is 2.82. The fraction of sp³-hybridized carbons (Fsp3) is 0.607. The van der Waals surface area contributed by atoms with Crippen LogP contribution in [-0.4, -0.2) is 61.9 Å². The average Bonchev–Trinajstić information content (AvgIpc) is 3.10. The van der Waals surface area contributed by atoms with E-state index in [1.165, 1.54) is 38.5 Å². The number of hydrogen-bond donors (Lipinski definition) is 2. The van der Waals surface area contributed by atoms with Gasteiger partial charge in [-0.2, -0.15) is 0 Å². The van der Waals surface area contributed by atoms with E-state index in [4.69, 9.17) is 15.7 Å². The fourth-order valence-corrected chi connectivity index (χ4v) is 7.98. The number of aliphatic carboxylic acids is 1. The molecule has 6 rings (SSSR count). The van der Waals surface area contributed by atoms with Crippen LogP contribution in [0.2, 0.25) is 0 Å². The largest absolute Gasteiger partial charge is 0.479 e. The second-order valence-corrected chi connectivity index (χ2v) is 11.5. The van der Waals surface area contributed by atoms with Crippen molar-refractivity contribution in [1.29, 1.82) is 0 Å². The number of carbonyl (C=O) groups is 2. The van der Waals surface area contributed by atoms with E-state index >= 15 is 0 Å². The number of nitrogens with two attached hydrogens (primary N) is 1. The first-order valence-corrected chi connectivity index (χ1v) is 13.9. The minimum Gasteiger partial charge on any atom is -0.479 e. The summed E-state index contributed by atoms with van der Waals surface area (Å²) < 4.78 is 1.81. The van der Waals surface area contributed by atoms with Crippen LogP contribution in [0.25, 0.3) is 11.0 Å². The van der Waals surface area contributed by atoms with E-state index in [-0.39, 0.29) is 17.8 Å². The molecule has 2 aromatic rings. The van der Waals surface area contributed by atoms with E-state index in [2.05, 4.69) is 15.0 Å². The van der Waals surface area contributed by atoms with Gasteiger partial charge in [-0.15, -0.1) is 0 Å². The standard InChI is InChI=1S/C28H35N5O5/c29-27(36)25(31-38-15-24(34)35)26-28(37)33(21-9-2-1-8-20(21)30-26)23-14-18-7-4-10-22(23)32(18)19-12-16-5-3-6-17(11-16)13-19/h1-2,8-9,16-19,22-23H,3-7,10-15H2,(H2,29,36)(H,34,35)/b31-25-/t16?,17?,18-,19?,22+,23+/m0/s1. The minimum atomic E-state index is -1.26. The molecule has 4 fully saturated rings. The maximum absolute atomic E-state index is 14.1. The van der Waals surface area contributed by atoms with Crippen molar-refractivity contribution in [3.8, 4) is 0 Å². The number of carboxylic acids is 1. The molecule has 5 atom stereocenters. The molecule has 0 spiro atoms. The molecule has 2 aliphatic carbocycles. The highest BCUT2D eigenvalue weighted by Gasteiger charge is 2.49. The van der Waals surface area contributed by atoms with Crippen LogP contribution in [0, 0.1) is 11.8 Å². The zero-order valence-electron chi connectivity index (χ0n) is 21.5. The number of piperidine rings is 1. The summed E-state index contributed by atoms with van der Waals surface area (Å²) >= 11 is 0. The molecule has 2 saturated carbocycles. The van der Waals surface area contributed by atoms with Gasteiger partial charge in [0.25, 0.3) is 11.5 Å². The molecular weight excluding hydrogens is 486 g/mol. The zero-order valence-corrected chi connectivity index (χ0v) is 21.5. The number of oxime groups is 1. The van der Waals surface area contributed by atoms with Gasteiger partial charge in [0.05, 0.1) is 17.1 Å². The van der Waals surface area contributed by atoms with Crippen molar-refractivity contribution in [2.75, 3.05) is 6.61 Å². The highest BCUT2D eigenvalue weighted by atomic mass is 16.6. The summed E-state index contributed by atoms with van der Waals surface area (Å²) in [5, 5.41) is 12.5. The molecule has 2 saturated heterocycles. The highest BCUT2D eigenvalue weighted by molar-refractivity contribution is 6.44. The number of para-hydroxylation sites is 2. The van der Waals surface area contributed by atoms with Crippen molar-refractivity contribution in [3.05, 3.63) is 40.3 Å². The normalized spacial score (nSPS) is 31.3. The molecule has 38 heavy (non-hydrogen) atoms. The summed E-state index contributed by atoms with van der Waals surface area (Å²) in [7, 11) is 0. The Morgan fingerprint density at radius 2 is 1.74 bits per heavy atom. The summed E-state index contributed by atoms with van der Waals surface area (Å²) in [5.41, 5.74) is 5.71. The number of primary amides is 1. The predicted molar refractivity (Wildman–Crippen MR) is 141 cm³/mol. The van der Waals surface area contributed by atoms with E-state index in [0.717, 1.165) is 43.0 Å². The monoisotopic (exact) mass is 521 g/mol. The first-order chi connectivity index (χ1) is 18.4. The van der Waals surface area contributed by atoms with Crippen molar-refractivity contribution in [3.63, 3.8) is 0 Å². The minimum absolute atomic E-state index is 0.0579. The number of benzene rings is 1. The van der Waals surface area contributed by atoms with Gasteiger partial charge in [0.2, 0.25) is 6.61 Å². The quantitative estimate of drug-likeness (QED) is 0.422. The average molecular weight is 522 g/mol. The first kappa shape index (κ1) is 25.0. The summed E-state index contributed by atoms with van der Waals surface area (Å²) in [6.07, 6.45) is 12.1. The number of rotatable bonds is 7. The van der Waals surface area contributed by atoms with Crippen molar-refractivity contribution in [2.45, 2.75) is 88.4 Å². The van der Waals surface area contributed by atoms with Gasteiger partial charge in [0.15, 0.2) is 11.4 Å². The molecule has 10 nitrogen and oxygen atoms in total. The summed E-state index contributed by atoms with van der Waals surface area (Å²) in [5.74, 6) is -0.610. The number of carboxylic acid groups (broad SMARTS) is 1. The van der Waals surface area contributed by atoms with Gasteiger partial charge in [-0.25, -0.2) is 9.78 Å². The Balaban J connectivity index is 1.41. The van der Waals surface area contributed by atoms with Crippen LogP contribution >= 0.6 is 0 Å². The maximum Gasteiger partial charge on any atom is 0.344 e. The Hall–Kier alpha value is -3.27. The number of nitrogens with zero attached hydrogens (tertiary/aromatic N) is 4. The Kier molecular flexibility index (Phi) is 6.67. The van der Waals surface area contributed by atoms with Crippen LogP contribution in [0.4, 0.5) is 0 Å². The molecule has 10 heteroatoms. The molecular formula is C28H35N5O5. The van der Waals surface area contributed by atoms with Crippen LogP contribution in [0.1, 0.15) is 75.9 Å². The Labute approximate surface area is 220 Å². The number of amides is 1. The lowest BCUT2D eigenvalue weighted by atomic mass is 9.69. The van der Waals surface area contributed by atoms with Crippen LogP contribution < -0.4 is 11.3 Å². The SMILES string of the molecule is NC(=O)/C(=N\OCC(=O)O)c1nc2ccccc2n([C@@H]2C[C@@H]3CCC[C@H]2N3C2CC3CCCC(C3)C2)c1=O. The van der Waals surface area contributed by atoms with Crippen molar-refractivity contribution in [2.24, 2.45) is 22.7 Å². The molecule has 4 bridgehead atoms. The molecule has 202 valence electrons. The topological polar surface area (TPSA) is 140 Å². The number of aromatic nitrogens is 2. The number of carbonyl (C=O) groups excluding carboxylic acids is 1. The third-order valence-corrected chi connectivity index (χ3v) is 9.25. The highest BCUT2D eigenvalue weighted by Crippen LogP contribution is 2.49. The fourth-order valence-electron chi connectivity index (χ4n) is 7.98. The smallest absolute Gasteiger partial charge is 0.344 e. The third kappa shape index (κ3) is 4.48. The molecule has 1 aromatic heterocycles. The van der Waals surface area contributed by atoms with Gasteiger partial charge in [-0.3, -0.25) is 14.5 Å². The molecule has 4 aliphatic rings. The third-order valence-electron chi connectivity index (χ3n) is 9.25. The van der Waals surface area contributed by atoms with Crippen LogP contribution in [0.5, 0.6) is 0 Å². The Morgan fingerprint density at radius 3 is 2.47 bits per heavy atom. The summed E-state index contributed by atoms with van der Waals surface area (Å²) in [6, 6.07) is 8.60. The van der Waals surface area contributed by atoms with Gasteiger partial charge < -0.3 is 20.2 Å². The molecule has 0 radical (unpaired) electrons. The lowest BCUT2D eigenvalue weighted by Crippen LogP contribution is -2.51. The van der Waals surface area contributed by atoms with Crippen LogP contribution in [0.3, 0.4) is 0 Å². The molecule has 3 heterocycles. The second kappa shape index (κ2) is 10.1. The summed E-state index contributed by atoms with van der Waals surface area (Å²) in [6.45, 7) is -0.761. The van der Waals surface area contributed by atoms with Gasteiger partial charge in [0.1, 0.15) is 0 Å². The molecule has 1 aromatic carbocycles. The van der Waals surface area contributed by atoms with Crippen molar-refractivity contribution >= 4 is 28.6 Å². The number of hydrogen-bond acceptors (Lipinski definition) is 7. The van der Waals surface area contributed by atoms with Gasteiger partial charge in [-0.1, -0.05) is 43.0 Å². The van der Waals surface area contributed by atoms with Crippen molar-refractivity contribution < 1.29 is 19.5 Å². The van der Waals surface area contributed by atoms with E-state index < -0.39 is 29.8 Å². The Morgan fingerprint density at radius 1 is 1.00 bits per heavy atom. The molecule has 3 N–H and O–H groups in total. The zero-order chi connectivity index (χ0) is 26.4. The molecule has 1 amide bonds. The molecule has 2 aliphatic heterocycles. The van der Waals surface area contributed by atoms with E-state index in [1.807, 2.05) is 18.2 Å². The maximum atomic E-state index is 14.1. The lowest BCUT2D eigenvalue weighted by Gasteiger charge is -2.48. The van der Waals surface area contributed by atoms with E-state index in [1.54, 1.807) is 10.6 Å². The van der Waals surface area contributed by atoms with Crippen LogP contribution in [0.15, 0.2) is 34.2 Å². The Bertz CT molecular complexity index is 1330. The van der Waals surface area contributed by atoms with Gasteiger partial charge in [0, 0.05) is 18.1 Å². The lowest BCUT2D eigenvalue weighted by molar-refractivity contribution is -0.142.